The second-order valence-corrected chi connectivity index (χ2v) is 4.95. The Kier molecular flexibility index (Phi) is 3.93. The number of carbonyl (C=O) groups excluding carboxylic acids is 2. The van der Waals surface area contributed by atoms with Crippen LogP contribution in [0, 0.1) is 0 Å². The van der Waals surface area contributed by atoms with E-state index in [1.54, 1.807) is 0 Å². The van der Waals surface area contributed by atoms with Crippen LogP contribution in [0.1, 0.15) is 43.2 Å². The van der Waals surface area contributed by atoms with E-state index in [0.717, 1.165) is 0 Å². The molecule has 0 saturated heterocycles. The molecule has 94 valence electrons. The Labute approximate surface area is 104 Å². The Hall–Kier alpha value is -1.36. The molecule has 0 N–H and O–H groups in total. The van der Waals surface area contributed by atoms with Crippen molar-refractivity contribution in [1.29, 1.82) is 0 Å². The lowest BCUT2D eigenvalue weighted by Crippen LogP contribution is -2.18. The van der Waals surface area contributed by atoms with E-state index < -0.39 is 17.2 Å². The van der Waals surface area contributed by atoms with Crippen LogP contribution in [-0.2, 0) is 14.9 Å². The van der Waals surface area contributed by atoms with Gasteiger partial charge in [-0.3, -0.25) is 9.59 Å². The van der Waals surface area contributed by atoms with Crippen molar-refractivity contribution < 1.29 is 18.8 Å². The van der Waals surface area contributed by atoms with Crippen molar-refractivity contribution in [3.8, 4) is 0 Å². The molecule has 0 fully saturated rings. The first kappa shape index (κ1) is 13.7. The fourth-order valence-electron chi connectivity index (χ4n) is 1.32. The predicted molar refractivity (Wildman–Crippen MR) is 61.2 cm³/mol. The van der Waals surface area contributed by atoms with Crippen LogP contribution >= 0.6 is 11.6 Å². The SMILES string of the molecule is COC(=O)CC(=O)c1c(C(C)(C)C)noc1Cl. The van der Waals surface area contributed by atoms with Gasteiger partial charge < -0.3 is 9.26 Å². The van der Waals surface area contributed by atoms with Crippen LogP contribution in [0.15, 0.2) is 4.52 Å². The average molecular weight is 260 g/mol. The molecule has 1 aromatic heterocycles. The molecule has 0 radical (unpaired) electrons. The van der Waals surface area contributed by atoms with Crippen LogP contribution in [0.2, 0.25) is 5.22 Å². The van der Waals surface area contributed by atoms with Gasteiger partial charge in [0, 0.05) is 5.41 Å². The third-order valence-corrected chi connectivity index (χ3v) is 2.43. The van der Waals surface area contributed by atoms with Crippen LogP contribution in [0.4, 0.5) is 0 Å². The van der Waals surface area contributed by atoms with Gasteiger partial charge in [-0.15, -0.1) is 0 Å². The van der Waals surface area contributed by atoms with E-state index in [9.17, 15) is 9.59 Å². The summed E-state index contributed by atoms with van der Waals surface area (Å²) in [5.41, 5.74) is 0.207. The summed E-state index contributed by atoms with van der Waals surface area (Å²) in [6.07, 6.45) is -0.374. The lowest BCUT2D eigenvalue weighted by molar-refractivity contribution is -0.139. The number of nitrogens with zero attached hydrogens (tertiary/aromatic N) is 1. The van der Waals surface area contributed by atoms with Gasteiger partial charge in [0.05, 0.1) is 7.11 Å². The van der Waals surface area contributed by atoms with Crippen molar-refractivity contribution in [3.05, 3.63) is 16.5 Å². The van der Waals surface area contributed by atoms with E-state index in [2.05, 4.69) is 9.89 Å². The van der Waals surface area contributed by atoms with E-state index >= 15 is 0 Å². The van der Waals surface area contributed by atoms with Crippen molar-refractivity contribution >= 4 is 23.4 Å². The number of carbonyl (C=O) groups is 2. The van der Waals surface area contributed by atoms with Gasteiger partial charge in [0.2, 0.25) is 5.22 Å². The summed E-state index contributed by atoms with van der Waals surface area (Å²) in [4.78, 5) is 22.9. The minimum absolute atomic E-state index is 0.0937. The maximum Gasteiger partial charge on any atom is 0.313 e. The topological polar surface area (TPSA) is 69.4 Å². The normalized spacial score (nSPS) is 11.4. The number of ketones is 1. The minimum atomic E-state index is -0.618. The van der Waals surface area contributed by atoms with Crippen LogP contribution in [0.5, 0.6) is 0 Å². The average Bonchev–Trinajstić information content (AvgIpc) is 2.59. The first-order valence-electron chi connectivity index (χ1n) is 5.03. The van der Waals surface area contributed by atoms with Gasteiger partial charge in [-0.2, -0.15) is 0 Å². The molecule has 0 spiro atoms. The summed E-state index contributed by atoms with van der Waals surface area (Å²) >= 11 is 5.77. The monoisotopic (exact) mass is 259 g/mol. The fourth-order valence-corrected chi connectivity index (χ4v) is 1.54. The minimum Gasteiger partial charge on any atom is -0.469 e. The molecule has 0 aliphatic heterocycles. The van der Waals surface area contributed by atoms with Crippen molar-refractivity contribution in [1.82, 2.24) is 5.16 Å². The van der Waals surface area contributed by atoms with Gasteiger partial charge in [-0.05, 0) is 11.6 Å². The van der Waals surface area contributed by atoms with E-state index in [1.165, 1.54) is 7.11 Å². The molecule has 1 aromatic rings. The molecule has 0 aliphatic carbocycles. The Morgan fingerprint density at radius 3 is 2.47 bits per heavy atom. The largest absolute Gasteiger partial charge is 0.469 e. The molecular weight excluding hydrogens is 246 g/mol. The van der Waals surface area contributed by atoms with E-state index in [-0.39, 0.29) is 17.2 Å². The predicted octanol–water partition coefficient (Wildman–Crippen LogP) is 2.37. The van der Waals surface area contributed by atoms with Crippen molar-refractivity contribution in [3.63, 3.8) is 0 Å². The third-order valence-electron chi connectivity index (χ3n) is 2.17. The number of hydrogen-bond acceptors (Lipinski definition) is 5. The summed E-state index contributed by atoms with van der Waals surface area (Å²) in [6, 6.07) is 0. The Balaban J connectivity index is 3.09. The van der Waals surface area contributed by atoms with E-state index in [0.29, 0.717) is 5.69 Å². The maximum absolute atomic E-state index is 11.9. The maximum atomic E-state index is 11.9. The van der Waals surface area contributed by atoms with Crippen LogP contribution < -0.4 is 0 Å². The zero-order valence-corrected chi connectivity index (χ0v) is 10.9. The summed E-state index contributed by atoms with van der Waals surface area (Å²) in [5.74, 6) is -1.07. The Morgan fingerprint density at radius 1 is 1.41 bits per heavy atom. The molecule has 0 aromatic carbocycles. The quantitative estimate of drug-likeness (QED) is 0.473. The molecule has 0 saturated carbocycles. The molecule has 0 amide bonds. The third kappa shape index (κ3) is 3.06. The summed E-state index contributed by atoms with van der Waals surface area (Å²) < 4.78 is 9.23. The molecule has 1 heterocycles. The second-order valence-electron chi connectivity index (χ2n) is 4.61. The summed E-state index contributed by atoms with van der Waals surface area (Å²) in [5, 5.41) is 3.67. The van der Waals surface area contributed by atoms with Gasteiger partial charge in [0.25, 0.3) is 0 Å². The highest BCUT2D eigenvalue weighted by Gasteiger charge is 2.30. The van der Waals surface area contributed by atoms with Gasteiger partial charge in [-0.25, -0.2) is 0 Å². The molecule has 6 heteroatoms. The number of Topliss-reactive ketones (excluding diaryl/α,β-unsaturated/α-hetero) is 1. The lowest BCUT2D eigenvalue weighted by atomic mass is 9.88. The zero-order valence-electron chi connectivity index (χ0n) is 10.2. The first-order valence-corrected chi connectivity index (χ1v) is 5.40. The summed E-state index contributed by atoms with van der Waals surface area (Å²) in [6.45, 7) is 5.61. The van der Waals surface area contributed by atoms with Crippen LogP contribution in [0.3, 0.4) is 0 Å². The summed E-state index contributed by atoms with van der Waals surface area (Å²) in [7, 11) is 1.22. The second kappa shape index (κ2) is 4.87. The van der Waals surface area contributed by atoms with Crippen LogP contribution in [-0.4, -0.2) is 24.0 Å². The highest BCUT2D eigenvalue weighted by molar-refractivity contribution is 6.32. The number of aromatic nitrogens is 1. The molecule has 1 rings (SSSR count). The molecule has 17 heavy (non-hydrogen) atoms. The van der Waals surface area contributed by atoms with Crippen molar-refractivity contribution in [2.45, 2.75) is 32.6 Å². The fraction of sp³-hybridized carbons (Fsp3) is 0.545. The number of ether oxygens (including phenoxy) is 1. The Bertz CT molecular complexity index is 445. The number of esters is 1. The van der Waals surface area contributed by atoms with E-state index in [1.807, 2.05) is 20.8 Å². The standard InChI is InChI=1S/C11H14ClNO4/c1-11(2,3)9-8(10(12)17-13-9)6(14)5-7(15)16-4/h5H2,1-4H3. The molecule has 0 bridgehead atoms. The Morgan fingerprint density at radius 2 is 2.00 bits per heavy atom. The lowest BCUT2D eigenvalue weighted by Gasteiger charge is -2.15. The number of hydrogen-bond donors (Lipinski definition) is 0. The van der Waals surface area contributed by atoms with Crippen LogP contribution in [0.25, 0.3) is 0 Å². The van der Waals surface area contributed by atoms with Gasteiger partial charge in [0.15, 0.2) is 5.78 Å². The van der Waals surface area contributed by atoms with Crippen molar-refractivity contribution in [2.24, 2.45) is 0 Å². The van der Waals surface area contributed by atoms with Gasteiger partial charge in [0.1, 0.15) is 17.7 Å². The van der Waals surface area contributed by atoms with Crippen molar-refractivity contribution in [2.75, 3.05) is 7.11 Å². The smallest absolute Gasteiger partial charge is 0.313 e. The highest BCUT2D eigenvalue weighted by atomic mass is 35.5. The zero-order chi connectivity index (χ0) is 13.2. The molecule has 0 unspecified atom stereocenters. The van der Waals surface area contributed by atoms with Gasteiger partial charge >= 0.3 is 5.97 Å². The first-order chi connectivity index (χ1) is 7.77. The number of methoxy groups -OCH3 is 1. The molecular formula is C11H14ClNO4. The highest BCUT2D eigenvalue weighted by Crippen LogP contribution is 2.30. The molecule has 5 nitrogen and oxygen atoms in total. The van der Waals surface area contributed by atoms with E-state index in [4.69, 9.17) is 16.1 Å². The van der Waals surface area contributed by atoms with Gasteiger partial charge in [-0.1, -0.05) is 25.9 Å². The number of rotatable bonds is 3. The molecule has 0 aliphatic rings. The number of halogens is 1. The molecule has 0 atom stereocenters.